The van der Waals surface area contributed by atoms with Crippen LogP contribution in [-0.2, 0) is 13.2 Å². The van der Waals surface area contributed by atoms with Crippen LogP contribution in [0.25, 0.3) is 10.9 Å². The average molecular weight is 655 g/mol. The van der Waals surface area contributed by atoms with E-state index in [2.05, 4.69) is 43.2 Å². The second-order valence-corrected chi connectivity index (χ2v) is 14.1. The number of aromatic nitrogens is 2. The van der Waals surface area contributed by atoms with Crippen molar-refractivity contribution in [3.8, 4) is 11.5 Å². The number of nitrogens with zero attached hydrogens (tertiary/aromatic N) is 4. The van der Waals surface area contributed by atoms with Crippen LogP contribution in [0.1, 0.15) is 58.3 Å². The molecule has 1 saturated heterocycles. The Morgan fingerprint density at radius 1 is 1.12 bits per heavy atom. The number of benzene rings is 3. The predicted octanol–water partition coefficient (Wildman–Crippen LogP) is 6.45. The van der Waals surface area contributed by atoms with E-state index in [1.807, 2.05) is 48.5 Å². The van der Waals surface area contributed by atoms with Crippen LogP contribution in [0, 0.1) is 17.2 Å². The second kappa shape index (κ2) is 14.4. The van der Waals surface area contributed by atoms with Gasteiger partial charge in [-0.05, 0) is 73.4 Å². The molecule has 2 fully saturated rings. The van der Waals surface area contributed by atoms with E-state index in [-0.39, 0.29) is 24.0 Å². The zero-order valence-electron chi connectivity index (χ0n) is 28.6. The van der Waals surface area contributed by atoms with Crippen molar-refractivity contribution < 1.29 is 13.9 Å². The average Bonchev–Trinajstić information content (AvgIpc) is 3.06. The van der Waals surface area contributed by atoms with Crippen molar-refractivity contribution in [2.24, 2.45) is 16.3 Å². The van der Waals surface area contributed by atoms with Gasteiger partial charge in [0.25, 0.3) is 5.56 Å². The van der Waals surface area contributed by atoms with Crippen LogP contribution in [0.5, 0.6) is 11.5 Å². The van der Waals surface area contributed by atoms with Gasteiger partial charge in [-0.25, -0.2) is 14.4 Å². The summed E-state index contributed by atoms with van der Waals surface area (Å²) in [6.45, 7) is 12.0. The normalized spacial score (nSPS) is 21.2. The van der Waals surface area contributed by atoms with Crippen LogP contribution in [0.2, 0.25) is 0 Å². The SMILES string of the molecule is COc1ccc(OCc2nc3cc(NC(=NC4CCC(C)(C)C[C@@H]4C)N4CCN[C@@H](C)C4)ccc3c(=O)n2Cc2ccccc2)c(F)c1. The van der Waals surface area contributed by atoms with Crippen molar-refractivity contribution in [1.29, 1.82) is 0 Å². The van der Waals surface area contributed by atoms with Gasteiger partial charge in [0.05, 0.1) is 30.6 Å². The Morgan fingerprint density at radius 3 is 2.67 bits per heavy atom. The Labute approximate surface area is 282 Å². The third-order valence-electron chi connectivity index (χ3n) is 9.57. The second-order valence-electron chi connectivity index (χ2n) is 14.1. The van der Waals surface area contributed by atoms with Crippen LogP contribution in [0.15, 0.2) is 76.5 Å². The summed E-state index contributed by atoms with van der Waals surface area (Å²) in [4.78, 5) is 26.6. The lowest BCUT2D eigenvalue weighted by Crippen LogP contribution is -2.53. The molecule has 254 valence electrons. The van der Waals surface area contributed by atoms with E-state index < -0.39 is 5.82 Å². The monoisotopic (exact) mass is 654 g/mol. The summed E-state index contributed by atoms with van der Waals surface area (Å²) in [5, 5.41) is 7.65. The quantitative estimate of drug-likeness (QED) is 0.167. The highest BCUT2D eigenvalue weighted by Gasteiger charge is 2.33. The van der Waals surface area contributed by atoms with Crippen molar-refractivity contribution in [1.82, 2.24) is 19.8 Å². The minimum absolute atomic E-state index is 0.0539. The van der Waals surface area contributed by atoms with Gasteiger partial charge in [-0.2, -0.15) is 0 Å². The Kier molecular flexibility index (Phi) is 10.0. The molecule has 3 atom stereocenters. The first-order valence-corrected chi connectivity index (χ1v) is 17.0. The van der Waals surface area contributed by atoms with Crippen molar-refractivity contribution >= 4 is 22.5 Å². The molecule has 9 nitrogen and oxygen atoms in total. The largest absolute Gasteiger partial charge is 0.497 e. The first-order chi connectivity index (χ1) is 23.1. The number of hydrogen-bond acceptors (Lipinski definition) is 6. The van der Waals surface area contributed by atoms with E-state index >= 15 is 0 Å². The molecule has 0 amide bonds. The number of anilines is 1. The fourth-order valence-corrected chi connectivity index (χ4v) is 6.98. The van der Waals surface area contributed by atoms with Gasteiger partial charge in [0.2, 0.25) is 0 Å². The number of ether oxygens (including phenoxy) is 2. The summed E-state index contributed by atoms with van der Waals surface area (Å²) >= 11 is 0. The molecule has 10 heteroatoms. The lowest BCUT2D eigenvalue weighted by atomic mass is 9.71. The molecular weight excluding hydrogens is 607 g/mol. The number of halogens is 1. The maximum atomic E-state index is 14.8. The summed E-state index contributed by atoms with van der Waals surface area (Å²) in [7, 11) is 1.48. The van der Waals surface area contributed by atoms with E-state index in [0.29, 0.717) is 46.4 Å². The zero-order valence-corrected chi connectivity index (χ0v) is 28.6. The lowest BCUT2D eigenvalue weighted by molar-refractivity contribution is 0.168. The molecule has 4 aromatic rings. The smallest absolute Gasteiger partial charge is 0.261 e. The van der Waals surface area contributed by atoms with Crippen LogP contribution in [0.3, 0.4) is 0 Å². The van der Waals surface area contributed by atoms with E-state index in [4.69, 9.17) is 19.5 Å². The highest BCUT2D eigenvalue weighted by molar-refractivity contribution is 5.96. The van der Waals surface area contributed by atoms with Crippen LogP contribution < -0.4 is 25.7 Å². The number of piperazine rings is 1. The van der Waals surface area contributed by atoms with Gasteiger partial charge in [-0.1, -0.05) is 51.1 Å². The fraction of sp³-hybridized carbons (Fsp3) is 0.447. The molecule has 1 aliphatic heterocycles. The van der Waals surface area contributed by atoms with Gasteiger partial charge in [0, 0.05) is 37.4 Å². The molecule has 1 unspecified atom stereocenters. The maximum absolute atomic E-state index is 14.8. The first kappa shape index (κ1) is 33.5. The molecule has 0 radical (unpaired) electrons. The third-order valence-corrected chi connectivity index (χ3v) is 9.57. The van der Waals surface area contributed by atoms with Crippen molar-refractivity contribution in [2.75, 3.05) is 32.1 Å². The molecule has 1 saturated carbocycles. The van der Waals surface area contributed by atoms with Crippen molar-refractivity contribution in [3.63, 3.8) is 0 Å². The van der Waals surface area contributed by atoms with Crippen LogP contribution >= 0.6 is 0 Å². The number of methoxy groups -OCH3 is 1. The standard InChI is InChI=1S/C38H47FN6O3/c1-25-21-38(3,4)16-15-32(25)43-37(44-18-17-40-26(2)22-44)41-28-11-13-30-33(19-28)42-35(24-48-34-14-12-29(47-5)20-31(34)39)45(36(30)46)23-27-9-7-6-8-10-27/h6-14,19-20,25-26,32,40H,15-18,21-24H2,1-5H3,(H,41,43)/t25-,26-,32?/m0/s1. The van der Waals surface area contributed by atoms with E-state index in [1.165, 1.54) is 19.2 Å². The molecule has 1 aromatic heterocycles. The third kappa shape index (κ3) is 7.81. The fourth-order valence-electron chi connectivity index (χ4n) is 6.98. The number of nitrogens with one attached hydrogen (secondary N) is 2. The molecule has 2 N–H and O–H groups in total. The maximum Gasteiger partial charge on any atom is 0.261 e. The number of aliphatic imine (C=N–C) groups is 1. The topological polar surface area (TPSA) is 93.0 Å². The summed E-state index contributed by atoms with van der Waals surface area (Å²) in [6, 6.07) is 20.4. The number of fused-ring (bicyclic) bond motifs is 1. The molecule has 48 heavy (non-hydrogen) atoms. The molecule has 2 aliphatic rings. The van der Waals surface area contributed by atoms with Gasteiger partial charge >= 0.3 is 0 Å². The highest BCUT2D eigenvalue weighted by Crippen LogP contribution is 2.40. The number of guanidine groups is 1. The Balaban J connectivity index is 1.34. The molecule has 2 heterocycles. The summed E-state index contributed by atoms with van der Waals surface area (Å²) in [5.41, 5.74) is 2.43. The van der Waals surface area contributed by atoms with Crippen LogP contribution in [-0.4, -0.2) is 59.2 Å². The van der Waals surface area contributed by atoms with Gasteiger partial charge in [0.15, 0.2) is 23.4 Å². The molecular formula is C38H47FN6O3. The molecule has 1 aliphatic carbocycles. The lowest BCUT2D eigenvalue weighted by Gasteiger charge is -2.39. The zero-order chi connectivity index (χ0) is 33.8. The molecule has 6 rings (SSSR count). The van der Waals surface area contributed by atoms with Crippen molar-refractivity contribution in [2.45, 2.75) is 72.2 Å². The Hall–Kier alpha value is -4.44. The van der Waals surface area contributed by atoms with Gasteiger partial charge in [0.1, 0.15) is 12.4 Å². The minimum atomic E-state index is -0.552. The molecule has 3 aromatic carbocycles. The van der Waals surface area contributed by atoms with Gasteiger partial charge in [-0.15, -0.1) is 0 Å². The van der Waals surface area contributed by atoms with Crippen LogP contribution in [0.4, 0.5) is 10.1 Å². The van der Waals surface area contributed by atoms with Crippen molar-refractivity contribution in [3.05, 3.63) is 94.3 Å². The number of hydrogen-bond donors (Lipinski definition) is 2. The minimum Gasteiger partial charge on any atom is -0.497 e. The predicted molar refractivity (Wildman–Crippen MR) is 190 cm³/mol. The Morgan fingerprint density at radius 2 is 1.94 bits per heavy atom. The highest BCUT2D eigenvalue weighted by atomic mass is 19.1. The first-order valence-electron chi connectivity index (χ1n) is 17.0. The summed E-state index contributed by atoms with van der Waals surface area (Å²) < 4.78 is 27.4. The van der Waals surface area contributed by atoms with E-state index in [1.54, 1.807) is 10.6 Å². The Bertz CT molecular complexity index is 1820. The molecule has 0 bridgehead atoms. The van der Waals surface area contributed by atoms with E-state index in [9.17, 15) is 9.18 Å². The van der Waals surface area contributed by atoms with Gasteiger partial charge < -0.3 is 25.0 Å². The van der Waals surface area contributed by atoms with Gasteiger partial charge in [-0.3, -0.25) is 9.36 Å². The summed E-state index contributed by atoms with van der Waals surface area (Å²) in [6.07, 6.45) is 3.35. The molecule has 0 spiro atoms. The summed E-state index contributed by atoms with van der Waals surface area (Å²) in [5.74, 6) is 1.62. The van der Waals surface area contributed by atoms with E-state index in [0.717, 1.165) is 56.1 Å². The number of rotatable bonds is 8.